The first-order valence-electron chi connectivity index (χ1n) is 2.78. The van der Waals surface area contributed by atoms with Gasteiger partial charge in [0, 0.05) is 0 Å². The first-order valence-corrected chi connectivity index (χ1v) is 3.66. The molecule has 0 aromatic heterocycles. The zero-order chi connectivity index (χ0) is 8.48. The fourth-order valence-corrected chi connectivity index (χ4v) is 1.22. The predicted octanol–water partition coefficient (Wildman–Crippen LogP) is 0.702. The lowest BCUT2D eigenvalue weighted by molar-refractivity contribution is -0.0555. The van der Waals surface area contributed by atoms with E-state index in [-0.39, 0.29) is 0 Å². The van der Waals surface area contributed by atoms with Gasteiger partial charge in [-0.3, -0.25) is 10.7 Å². The Hall–Kier alpha value is -0.430. The highest BCUT2D eigenvalue weighted by atomic mass is 32.2. The molecule has 1 atom stereocenters. The maximum absolute atomic E-state index is 11.9. The van der Waals surface area contributed by atoms with Gasteiger partial charge in [0.05, 0.1) is 0 Å². The van der Waals surface area contributed by atoms with Crippen molar-refractivity contribution < 1.29 is 13.2 Å². The first-order chi connectivity index (χ1) is 5.04. The molecule has 0 spiro atoms. The molecule has 0 fully saturated rings. The van der Waals surface area contributed by atoms with Crippen molar-refractivity contribution in [1.82, 2.24) is 10.7 Å². The molecular weight excluding hydrogens is 179 g/mol. The Morgan fingerprint density at radius 3 is 2.55 bits per heavy atom. The van der Waals surface area contributed by atoms with Gasteiger partial charge in [-0.25, -0.2) is 0 Å². The molecule has 7 heteroatoms. The summed E-state index contributed by atoms with van der Waals surface area (Å²) in [5, 5.41) is 4.87. The van der Waals surface area contributed by atoms with Crippen LogP contribution in [0.25, 0.3) is 0 Å². The van der Waals surface area contributed by atoms with Gasteiger partial charge < -0.3 is 0 Å². The molecule has 0 saturated carbocycles. The summed E-state index contributed by atoms with van der Waals surface area (Å²) in [5.41, 5.74) is 1.82. The summed E-state index contributed by atoms with van der Waals surface area (Å²) >= 11 is 0.620. The number of alkyl halides is 3. The molecule has 0 saturated heterocycles. The molecule has 0 aromatic rings. The molecule has 3 nitrogen and oxygen atoms in total. The second kappa shape index (κ2) is 2.90. The van der Waals surface area contributed by atoms with Crippen molar-refractivity contribution in [3.05, 3.63) is 0 Å². The molecule has 1 rings (SSSR count). The van der Waals surface area contributed by atoms with Crippen LogP contribution in [0.3, 0.4) is 0 Å². The maximum Gasteiger partial charge on any atom is 0.441 e. The monoisotopic (exact) mass is 185 g/mol. The van der Waals surface area contributed by atoms with Crippen LogP contribution in [-0.4, -0.2) is 23.8 Å². The van der Waals surface area contributed by atoms with Crippen molar-refractivity contribution in [3.63, 3.8) is 0 Å². The Labute approximate surface area is 65.4 Å². The van der Waals surface area contributed by atoms with Crippen LogP contribution in [0, 0.1) is 0 Å². The molecule has 0 aliphatic carbocycles. The minimum Gasteiger partial charge on any atom is -0.290 e. The molecule has 1 unspecified atom stereocenters. The number of hydrazone groups is 1. The van der Waals surface area contributed by atoms with Crippen molar-refractivity contribution in [1.29, 1.82) is 0 Å². The van der Waals surface area contributed by atoms with Crippen LogP contribution in [0.1, 0.15) is 0 Å². The van der Waals surface area contributed by atoms with Crippen molar-refractivity contribution in [3.8, 4) is 0 Å². The molecular formula is C4H6F3N3S. The van der Waals surface area contributed by atoms with Crippen molar-refractivity contribution >= 4 is 16.8 Å². The Morgan fingerprint density at radius 2 is 2.27 bits per heavy atom. The van der Waals surface area contributed by atoms with E-state index in [9.17, 15) is 13.2 Å². The lowest BCUT2D eigenvalue weighted by Gasteiger charge is -2.06. The first kappa shape index (κ1) is 8.66. The number of hydrogen-bond donors (Lipinski definition) is 2. The zero-order valence-electron chi connectivity index (χ0n) is 5.57. The van der Waals surface area contributed by atoms with Crippen LogP contribution in [0.4, 0.5) is 13.2 Å². The summed E-state index contributed by atoms with van der Waals surface area (Å²) < 4.78 is 35.6. The standard InChI is InChI=1S/C4H6F3N3S/c1-8-3-10-9-2(11-3)4(5,6)7/h3,8,10H,1H3. The zero-order valence-corrected chi connectivity index (χ0v) is 6.38. The maximum atomic E-state index is 11.9. The van der Waals surface area contributed by atoms with Crippen LogP contribution in [0.15, 0.2) is 5.10 Å². The number of halogens is 3. The smallest absolute Gasteiger partial charge is 0.290 e. The summed E-state index contributed by atoms with van der Waals surface area (Å²) in [7, 11) is 1.56. The molecule has 1 aliphatic rings. The van der Waals surface area contributed by atoms with Gasteiger partial charge in [-0.1, -0.05) is 11.8 Å². The molecule has 11 heavy (non-hydrogen) atoms. The van der Waals surface area contributed by atoms with Crippen LogP contribution in [-0.2, 0) is 0 Å². The van der Waals surface area contributed by atoms with Gasteiger partial charge in [0.25, 0.3) is 0 Å². The molecule has 64 valence electrons. The van der Waals surface area contributed by atoms with Gasteiger partial charge in [0.1, 0.15) is 5.50 Å². The minimum absolute atomic E-state index is 0.466. The van der Waals surface area contributed by atoms with Crippen LogP contribution >= 0.6 is 11.8 Å². The molecule has 2 N–H and O–H groups in total. The average molecular weight is 185 g/mol. The normalized spacial score (nSPS) is 24.7. The van der Waals surface area contributed by atoms with E-state index in [2.05, 4.69) is 15.8 Å². The van der Waals surface area contributed by atoms with E-state index in [4.69, 9.17) is 0 Å². The highest BCUT2D eigenvalue weighted by Crippen LogP contribution is 2.29. The lowest BCUT2D eigenvalue weighted by Crippen LogP contribution is -2.30. The Kier molecular flexibility index (Phi) is 2.28. The largest absolute Gasteiger partial charge is 0.441 e. The number of thioether (sulfide) groups is 1. The fourth-order valence-electron chi connectivity index (χ4n) is 0.535. The van der Waals surface area contributed by atoms with Gasteiger partial charge in [-0.15, -0.1) is 0 Å². The number of hydrogen-bond acceptors (Lipinski definition) is 4. The Bertz CT molecular complexity index is 178. The van der Waals surface area contributed by atoms with Crippen LogP contribution in [0.2, 0.25) is 0 Å². The van der Waals surface area contributed by atoms with Gasteiger partial charge in [-0.2, -0.15) is 18.3 Å². The molecule has 0 amide bonds. The van der Waals surface area contributed by atoms with E-state index in [0.29, 0.717) is 11.8 Å². The lowest BCUT2D eigenvalue weighted by atomic mass is 10.7. The third-order valence-corrected chi connectivity index (χ3v) is 2.14. The van der Waals surface area contributed by atoms with Crippen LogP contribution in [0.5, 0.6) is 0 Å². The van der Waals surface area contributed by atoms with Gasteiger partial charge in [-0.05, 0) is 7.05 Å². The minimum atomic E-state index is -4.33. The Balaban J connectivity index is 2.53. The summed E-state index contributed by atoms with van der Waals surface area (Å²) in [6, 6.07) is 0. The van der Waals surface area contributed by atoms with Crippen LogP contribution < -0.4 is 10.7 Å². The second-order valence-corrected chi connectivity index (χ2v) is 2.92. The van der Waals surface area contributed by atoms with Crippen molar-refractivity contribution in [2.24, 2.45) is 5.10 Å². The van der Waals surface area contributed by atoms with Gasteiger partial charge >= 0.3 is 6.18 Å². The third kappa shape index (κ3) is 2.00. The highest BCUT2D eigenvalue weighted by molar-refractivity contribution is 8.14. The van der Waals surface area contributed by atoms with E-state index < -0.39 is 16.7 Å². The topological polar surface area (TPSA) is 36.4 Å². The van der Waals surface area contributed by atoms with Crippen molar-refractivity contribution in [2.45, 2.75) is 11.7 Å². The predicted molar refractivity (Wildman–Crippen MR) is 37.1 cm³/mol. The molecule has 1 heterocycles. The SMILES string of the molecule is CNC1NN=C(C(F)(F)F)S1. The summed E-state index contributed by atoms with van der Waals surface area (Å²) in [6.45, 7) is 0. The molecule has 0 aromatic carbocycles. The van der Waals surface area contributed by atoms with Gasteiger partial charge in [0.15, 0.2) is 0 Å². The number of nitrogens with one attached hydrogen (secondary N) is 2. The fraction of sp³-hybridized carbons (Fsp3) is 0.750. The van der Waals surface area contributed by atoms with E-state index in [1.54, 1.807) is 7.05 Å². The summed E-state index contributed by atoms with van der Waals surface area (Å²) in [5.74, 6) is 0. The highest BCUT2D eigenvalue weighted by Gasteiger charge is 2.40. The Morgan fingerprint density at radius 1 is 1.64 bits per heavy atom. The quantitative estimate of drug-likeness (QED) is 0.631. The van der Waals surface area contributed by atoms with Gasteiger partial charge in [0.2, 0.25) is 5.04 Å². The second-order valence-electron chi connectivity index (χ2n) is 1.83. The number of nitrogens with zero attached hydrogens (tertiary/aromatic N) is 1. The van der Waals surface area contributed by atoms with E-state index in [1.165, 1.54) is 0 Å². The third-order valence-electron chi connectivity index (χ3n) is 1.02. The average Bonchev–Trinajstić information content (AvgIpc) is 2.32. The number of rotatable bonds is 1. The molecule has 0 bridgehead atoms. The molecule has 0 radical (unpaired) electrons. The van der Waals surface area contributed by atoms with E-state index in [1.807, 2.05) is 0 Å². The van der Waals surface area contributed by atoms with Crippen molar-refractivity contribution in [2.75, 3.05) is 7.05 Å². The summed E-state index contributed by atoms with van der Waals surface area (Å²) in [4.78, 5) is 0. The van der Waals surface area contributed by atoms with E-state index >= 15 is 0 Å². The molecule has 1 aliphatic heterocycles. The van der Waals surface area contributed by atoms with E-state index in [0.717, 1.165) is 0 Å². The summed E-state index contributed by atoms with van der Waals surface area (Å²) in [6.07, 6.45) is -4.33.